The zero-order valence-corrected chi connectivity index (χ0v) is 36.0. The molecule has 0 aliphatic carbocycles. The van der Waals surface area contributed by atoms with Gasteiger partial charge in [-0.25, -0.2) is 0 Å². The Bertz CT molecular complexity index is 1850. The molecule has 3 aromatic carbocycles. The van der Waals surface area contributed by atoms with Crippen molar-refractivity contribution in [1.82, 2.24) is 0 Å². The molecule has 0 aromatic heterocycles. The van der Waals surface area contributed by atoms with Gasteiger partial charge < -0.3 is 19.6 Å². The fraction of sp³-hybridized carbons (Fsp3) is 0.560. The van der Waals surface area contributed by atoms with Crippen LogP contribution in [0.2, 0.25) is 0 Å². The molecule has 58 heavy (non-hydrogen) atoms. The van der Waals surface area contributed by atoms with Crippen molar-refractivity contribution in [3.05, 3.63) is 82.9 Å². The monoisotopic (exact) mass is 787 g/mol. The minimum atomic E-state index is -0.708. The standard InChI is InChI=1S/C50H66N4O4/c1-7-13-21-33(11-5)31-53-41-29-38-42(30-37(41)45(49(53)57)43-35-23-17-19-25-39(35)51(47(43)55)27-15-9-3)54(32-34(12-6)22-14-8-2)50(58)46(38)44-36-24-18-20-26-40(36)52(48(44)56)28-16-10-4/h17-20,23-26,29-30,33-34,43-46H,7-16,21-22,27-28,31-32H2,1-6H3. The van der Waals surface area contributed by atoms with Gasteiger partial charge in [-0.1, -0.05) is 129 Å². The highest BCUT2D eigenvalue weighted by Gasteiger charge is 2.55. The second kappa shape index (κ2) is 18.2. The SMILES string of the molecule is CCCCC(CC)CN1C(=O)C(C2C(=O)N(CCCC)c3ccccc32)c2cc3c(cc21)C(C1C(=O)N(CCCC)c2ccccc21)C(=O)N3CC(CC)CCCC. The number of carbonyl (C=O) groups is 4. The molecule has 0 spiro atoms. The molecular weight excluding hydrogens is 721 g/mol. The van der Waals surface area contributed by atoms with Crippen LogP contribution in [0.3, 0.4) is 0 Å². The third-order valence-corrected chi connectivity index (χ3v) is 13.8. The van der Waals surface area contributed by atoms with Crippen LogP contribution in [0.15, 0.2) is 60.7 Å². The third-order valence-electron chi connectivity index (χ3n) is 13.8. The van der Waals surface area contributed by atoms with E-state index in [1.807, 2.05) is 68.1 Å². The smallest absolute Gasteiger partial charge is 0.235 e. The van der Waals surface area contributed by atoms with Crippen LogP contribution in [-0.2, 0) is 19.2 Å². The Morgan fingerprint density at radius 1 is 0.431 bits per heavy atom. The average Bonchev–Trinajstić information content (AvgIpc) is 3.86. The molecule has 4 aliphatic heterocycles. The van der Waals surface area contributed by atoms with Crippen LogP contribution >= 0.6 is 0 Å². The summed E-state index contributed by atoms with van der Waals surface area (Å²) in [4.78, 5) is 67.7. The lowest BCUT2D eigenvalue weighted by molar-refractivity contribution is -0.125. The molecule has 8 heteroatoms. The highest BCUT2D eigenvalue weighted by molar-refractivity contribution is 6.17. The summed E-state index contributed by atoms with van der Waals surface area (Å²) in [6.45, 7) is 15.4. The van der Waals surface area contributed by atoms with Gasteiger partial charge in [-0.15, -0.1) is 0 Å². The van der Waals surface area contributed by atoms with Crippen molar-refractivity contribution in [3.8, 4) is 0 Å². The average molecular weight is 787 g/mol. The van der Waals surface area contributed by atoms with Gasteiger partial charge in [-0.2, -0.15) is 0 Å². The Labute approximate surface area is 347 Å². The molecule has 0 saturated carbocycles. The maximum Gasteiger partial charge on any atom is 0.235 e. The molecule has 8 nitrogen and oxygen atoms in total. The summed E-state index contributed by atoms with van der Waals surface area (Å²) in [5.41, 5.74) is 6.90. The molecule has 4 heterocycles. The van der Waals surface area contributed by atoms with E-state index >= 15 is 9.59 Å². The number of fused-ring (bicyclic) bond motifs is 4. The number of unbranched alkanes of at least 4 members (excludes halogenated alkanes) is 4. The second-order valence-corrected chi connectivity index (χ2v) is 17.4. The Morgan fingerprint density at radius 3 is 1.14 bits per heavy atom. The maximum absolute atomic E-state index is 15.3. The van der Waals surface area contributed by atoms with Gasteiger partial charge in [-0.05, 0) is 84.0 Å². The van der Waals surface area contributed by atoms with Crippen LogP contribution in [0.25, 0.3) is 0 Å². The minimum absolute atomic E-state index is 0.0175. The Morgan fingerprint density at radius 2 is 0.776 bits per heavy atom. The number of amides is 4. The summed E-state index contributed by atoms with van der Waals surface area (Å²) >= 11 is 0. The summed E-state index contributed by atoms with van der Waals surface area (Å²) in [6.07, 6.45) is 11.9. The lowest BCUT2D eigenvalue weighted by Crippen LogP contribution is -2.38. The van der Waals surface area contributed by atoms with E-state index in [2.05, 4.69) is 53.7 Å². The van der Waals surface area contributed by atoms with E-state index in [1.165, 1.54) is 0 Å². The van der Waals surface area contributed by atoms with Crippen molar-refractivity contribution in [2.45, 2.75) is 142 Å². The molecule has 0 saturated heterocycles. The second-order valence-electron chi connectivity index (χ2n) is 17.4. The van der Waals surface area contributed by atoms with Gasteiger partial charge in [0, 0.05) is 48.9 Å². The van der Waals surface area contributed by atoms with Crippen molar-refractivity contribution in [2.75, 3.05) is 45.8 Å². The van der Waals surface area contributed by atoms with Gasteiger partial charge in [0.1, 0.15) is 0 Å². The van der Waals surface area contributed by atoms with E-state index < -0.39 is 23.7 Å². The van der Waals surface area contributed by atoms with Crippen LogP contribution in [-0.4, -0.2) is 49.8 Å². The lowest BCUT2D eigenvalue weighted by atomic mass is 9.80. The summed E-state index contributed by atoms with van der Waals surface area (Å²) < 4.78 is 0. The van der Waals surface area contributed by atoms with Gasteiger partial charge in [0.25, 0.3) is 0 Å². The number of hydrogen-bond acceptors (Lipinski definition) is 4. The molecule has 0 radical (unpaired) electrons. The van der Waals surface area contributed by atoms with E-state index in [9.17, 15) is 9.59 Å². The van der Waals surface area contributed by atoms with E-state index in [4.69, 9.17) is 0 Å². The first kappa shape index (κ1) is 41.7. The molecule has 6 atom stereocenters. The van der Waals surface area contributed by atoms with Gasteiger partial charge in [0.05, 0.1) is 23.7 Å². The Kier molecular flexibility index (Phi) is 13.1. The van der Waals surface area contributed by atoms with Crippen molar-refractivity contribution < 1.29 is 19.2 Å². The Hall–Kier alpha value is -4.46. The van der Waals surface area contributed by atoms with Crippen molar-refractivity contribution in [1.29, 1.82) is 0 Å². The molecule has 4 aliphatic rings. The predicted octanol–water partition coefficient (Wildman–Crippen LogP) is 10.8. The number of nitrogens with zero attached hydrogens (tertiary/aromatic N) is 4. The molecule has 0 N–H and O–H groups in total. The summed E-state index contributed by atoms with van der Waals surface area (Å²) in [5.74, 6) is -2.22. The molecule has 6 unspecified atom stereocenters. The van der Waals surface area contributed by atoms with Gasteiger partial charge >= 0.3 is 0 Å². The summed E-state index contributed by atoms with van der Waals surface area (Å²) in [6, 6.07) is 20.2. The molecule has 7 rings (SSSR count). The van der Waals surface area contributed by atoms with E-state index in [-0.39, 0.29) is 23.6 Å². The number of para-hydroxylation sites is 2. The highest BCUT2D eigenvalue weighted by Crippen LogP contribution is 2.57. The molecular formula is C50H66N4O4. The molecule has 310 valence electrons. The van der Waals surface area contributed by atoms with Gasteiger partial charge in [0.15, 0.2) is 0 Å². The largest absolute Gasteiger partial charge is 0.312 e. The van der Waals surface area contributed by atoms with E-state index in [0.717, 1.165) is 122 Å². The molecule has 4 amide bonds. The minimum Gasteiger partial charge on any atom is -0.312 e. The third kappa shape index (κ3) is 7.38. The number of rotatable bonds is 20. The highest BCUT2D eigenvalue weighted by atomic mass is 16.2. The van der Waals surface area contributed by atoms with Crippen molar-refractivity contribution in [2.24, 2.45) is 11.8 Å². The topological polar surface area (TPSA) is 81.2 Å². The fourth-order valence-electron chi connectivity index (χ4n) is 10.4. The summed E-state index contributed by atoms with van der Waals surface area (Å²) in [7, 11) is 0. The normalized spacial score (nSPS) is 21.9. The number of hydrogen-bond donors (Lipinski definition) is 0. The van der Waals surface area contributed by atoms with Gasteiger partial charge in [-0.3, -0.25) is 19.2 Å². The first-order valence-corrected chi connectivity index (χ1v) is 22.8. The molecule has 0 fully saturated rings. The molecule has 3 aromatic rings. The van der Waals surface area contributed by atoms with Crippen LogP contribution < -0.4 is 19.6 Å². The predicted molar refractivity (Wildman–Crippen MR) is 236 cm³/mol. The zero-order chi connectivity index (χ0) is 41.1. The number of carbonyl (C=O) groups excluding carboxylic acids is 4. The van der Waals surface area contributed by atoms with E-state index in [0.29, 0.717) is 38.0 Å². The number of anilines is 4. The van der Waals surface area contributed by atoms with Crippen LogP contribution in [0, 0.1) is 11.8 Å². The first-order chi connectivity index (χ1) is 28.2. The van der Waals surface area contributed by atoms with Crippen molar-refractivity contribution in [3.63, 3.8) is 0 Å². The lowest BCUT2D eigenvalue weighted by Gasteiger charge is -2.25. The quantitative estimate of drug-likeness (QED) is 0.114. The van der Waals surface area contributed by atoms with Crippen LogP contribution in [0.1, 0.15) is 165 Å². The first-order valence-electron chi connectivity index (χ1n) is 22.8. The fourth-order valence-corrected chi connectivity index (χ4v) is 10.4. The summed E-state index contributed by atoms with van der Waals surface area (Å²) in [5, 5.41) is 0. The molecule has 0 bridgehead atoms. The zero-order valence-electron chi connectivity index (χ0n) is 36.0. The maximum atomic E-state index is 15.3. The van der Waals surface area contributed by atoms with Crippen LogP contribution in [0.4, 0.5) is 22.7 Å². The Balaban J connectivity index is 1.40. The van der Waals surface area contributed by atoms with E-state index in [1.54, 1.807) is 0 Å². The number of benzene rings is 3. The van der Waals surface area contributed by atoms with Gasteiger partial charge in [0.2, 0.25) is 23.6 Å². The van der Waals surface area contributed by atoms with Crippen LogP contribution in [0.5, 0.6) is 0 Å². The van der Waals surface area contributed by atoms with Crippen molar-refractivity contribution >= 4 is 46.4 Å².